The Morgan fingerprint density at radius 3 is 2.75 bits per heavy atom. The molecule has 2 nitrogen and oxygen atoms in total. The molecule has 0 atom stereocenters. The lowest BCUT2D eigenvalue weighted by atomic mass is 10.2. The molecule has 20 heavy (non-hydrogen) atoms. The van der Waals surface area contributed by atoms with Crippen molar-refractivity contribution in [3.8, 4) is 0 Å². The first kappa shape index (κ1) is 14.7. The summed E-state index contributed by atoms with van der Waals surface area (Å²) in [4.78, 5) is 0. The van der Waals surface area contributed by atoms with Crippen molar-refractivity contribution in [3.05, 3.63) is 59.4 Å². The fraction of sp³-hybridized carbons (Fsp3) is 0.375. The number of nitrogens with zero attached hydrogens (tertiary/aromatic N) is 1. The summed E-state index contributed by atoms with van der Waals surface area (Å²) >= 11 is 0. The molecule has 0 aliphatic heterocycles. The van der Waals surface area contributed by atoms with E-state index in [0.29, 0.717) is 18.0 Å². The van der Waals surface area contributed by atoms with Gasteiger partial charge in [0, 0.05) is 31.0 Å². The normalized spacial score (nSPS) is 11.2. The van der Waals surface area contributed by atoms with Gasteiger partial charge in [-0.2, -0.15) is 0 Å². The lowest BCUT2D eigenvalue weighted by Crippen LogP contribution is -2.18. The zero-order valence-corrected chi connectivity index (χ0v) is 11.9. The van der Waals surface area contributed by atoms with Gasteiger partial charge in [0.1, 0.15) is 0 Å². The van der Waals surface area contributed by atoms with E-state index in [0.717, 1.165) is 24.7 Å². The maximum Gasteiger partial charge on any atom is 0.163 e. The number of rotatable bonds is 6. The summed E-state index contributed by atoms with van der Waals surface area (Å²) in [5, 5.41) is 3.35. The van der Waals surface area contributed by atoms with Crippen LogP contribution in [-0.4, -0.2) is 11.1 Å². The maximum absolute atomic E-state index is 13.6. The Morgan fingerprint density at radius 1 is 1.20 bits per heavy atom. The first-order chi connectivity index (χ1) is 9.56. The molecule has 2 rings (SSSR count). The van der Waals surface area contributed by atoms with E-state index in [1.165, 1.54) is 6.07 Å². The summed E-state index contributed by atoms with van der Waals surface area (Å²) in [6.07, 6.45) is 3.84. The summed E-state index contributed by atoms with van der Waals surface area (Å²) in [7, 11) is 0. The average Bonchev–Trinajstić information content (AvgIpc) is 2.82. The Labute approximate surface area is 118 Å². The highest BCUT2D eigenvalue weighted by Gasteiger charge is 2.08. The molecule has 0 unspecified atom stereocenters. The number of nitrogens with one attached hydrogen (secondary N) is 1. The van der Waals surface area contributed by atoms with E-state index >= 15 is 0 Å². The Hall–Kier alpha value is -1.68. The van der Waals surface area contributed by atoms with Gasteiger partial charge in [0.05, 0.1) is 0 Å². The van der Waals surface area contributed by atoms with Crippen LogP contribution in [0.25, 0.3) is 0 Å². The van der Waals surface area contributed by atoms with Gasteiger partial charge in [-0.15, -0.1) is 0 Å². The van der Waals surface area contributed by atoms with Crippen LogP contribution < -0.4 is 5.32 Å². The van der Waals surface area contributed by atoms with Crippen LogP contribution in [0.4, 0.5) is 8.78 Å². The molecule has 108 valence electrons. The molecule has 1 heterocycles. The Morgan fingerprint density at radius 2 is 2.00 bits per heavy atom. The molecule has 1 N–H and O–H groups in total. The monoisotopic (exact) mass is 278 g/mol. The highest BCUT2D eigenvalue weighted by atomic mass is 19.2. The summed E-state index contributed by atoms with van der Waals surface area (Å²) in [6, 6.07) is 6.26. The number of hydrogen-bond donors (Lipinski definition) is 1. The topological polar surface area (TPSA) is 17.0 Å². The fourth-order valence-electron chi connectivity index (χ4n) is 2.07. The van der Waals surface area contributed by atoms with Crippen LogP contribution in [0.3, 0.4) is 0 Å². The minimum absolute atomic E-state index is 0.341. The fourth-order valence-corrected chi connectivity index (χ4v) is 2.07. The second-order valence-corrected chi connectivity index (χ2v) is 5.43. The molecular weight excluding hydrogens is 258 g/mol. The molecule has 0 aliphatic rings. The summed E-state index contributed by atoms with van der Waals surface area (Å²) in [6.45, 7) is 6.41. The summed E-state index contributed by atoms with van der Waals surface area (Å²) in [5.74, 6) is -0.951. The van der Waals surface area contributed by atoms with Crippen molar-refractivity contribution in [2.45, 2.75) is 26.9 Å². The van der Waals surface area contributed by atoms with Crippen molar-refractivity contribution < 1.29 is 8.78 Å². The Kier molecular flexibility index (Phi) is 4.90. The van der Waals surface area contributed by atoms with Gasteiger partial charge in [-0.05, 0) is 30.2 Å². The van der Waals surface area contributed by atoms with Crippen molar-refractivity contribution in [3.63, 3.8) is 0 Å². The van der Waals surface area contributed by atoms with Gasteiger partial charge in [-0.3, -0.25) is 0 Å². The largest absolute Gasteiger partial charge is 0.349 e. The van der Waals surface area contributed by atoms with Gasteiger partial charge in [-0.25, -0.2) is 8.78 Å². The number of hydrogen-bond acceptors (Lipinski definition) is 1. The SMILES string of the molecule is CC(C)CNCc1ccn(Cc2cccc(F)c2F)c1. The summed E-state index contributed by atoms with van der Waals surface area (Å²) < 4.78 is 28.6. The molecule has 1 aromatic carbocycles. The third-order valence-corrected chi connectivity index (χ3v) is 3.08. The number of aromatic nitrogens is 1. The zero-order valence-electron chi connectivity index (χ0n) is 11.9. The Bertz CT molecular complexity index is 561. The molecule has 0 amide bonds. The highest BCUT2D eigenvalue weighted by molar-refractivity contribution is 5.20. The molecule has 4 heteroatoms. The van der Waals surface area contributed by atoms with Gasteiger partial charge >= 0.3 is 0 Å². The smallest absolute Gasteiger partial charge is 0.163 e. The first-order valence-corrected chi connectivity index (χ1v) is 6.84. The predicted molar refractivity (Wildman–Crippen MR) is 76.4 cm³/mol. The summed E-state index contributed by atoms with van der Waals surface area (Å²) in [5.41, 5.74) is 1.50. The molecule has 0 saturated carbocycles. The van der Waals surface area contributed by atoms with Gasteiger partial charge in [0.15, 0.2) is 11.6 Å². The van der Waals surface area contributed by atoms with Crippen LogP contribution in [-0.2, 0) is 13.1 Å². The van der Waals surface area contributed by atoms with E-state index in [2.05, 4.69) is 19.2 Å². The molecule has 0 spiro atoms. The van der Waals surface area contributed by atoms with Gasteiger partial charge in [0.2, 0.25) is 0 Å². The van der Waals surface area contributed by atoms with Crippen molar-refractivity contribution in [1.82, 2.24) is 9.88 Å². The second-order valence-electron chi connectivity index (χ2n) is 5.43. The van der Waals surface area contributed by atoms with Crippen LogP contribution in [0.15, 0.2) is 36.7 Å². The molecule has 2 aromatic rings. The third-order valence-electron chi connectivity index (χ3n) is 3.08. The number of benzene rings is 1. The van der Waals surface area contributed by atoms with Crippen LogP contribution >= 0.6 is 0 Å². The van der Waals surface area contributed by atoms with Crippen LogP contribution in [0.2, 0.25) is 0 Å². The van der Waals surface area contributed by atoms with Crippen molar-refractivity contribution in [2.75, 3.05) is 6.54 Å². The van der Waals surface area contributed by atoms with Gasteiger partial charge in [-0.1, -0.05) is 26.0 Å². The van der Waals surface area contributed by atoms with Gasteiger partial charge in [0.25, 0.3) is 0 Å². The van der Waals surface area contributed by atoms with E-state index < -0.39 is 11.6 Å². The van der Waals surface area contributed by atoms with Crippen molar-refractivity contribution >= 4 is 0 Å². The molecule has 0 radical (unpaired) electrons. The number of halogens is 2. The molecule has 0 saturated heterocycles. The van der Waals surface area contributed by atoms with Gasteiger partial charge < -0.3 is 9.88 Å². The zero-order chi connectivity index (χ0) is 14.5. The third kappa shape index (κ3) is 3.90. The highest BCUT2D eigenvalue weighted by Crippen LogP contribution is 2.13. The van der Waals surface area contributed by atoms with Crippen LogP contribution in [0.1, 0.15) is 25.0 Å². The lowest BCUT2D eigenvalue weighted by Gasteiger charge is -2.06. The van der Waals surface area contributed by atoms with E-state index in [9.17, 15) is 8.78 Å². The minimum Gasteiger partial charge on any atom is -0.349 e. The predicted octanol–water partition coefficient (Wildman–Crippen LogP) is 3.56. The van der Waals surface area contributed by atoms with E-state index in [-0.39, 0.29) is 0 Å². The van der Waals surface area contributed by atoms with Crippen molar-refractivity contribution in [1.29, 1.82) is 0 Å². The molecular formula is C16H20F2N2. The van der Waals surface area contributed by atoms with Crippen LogP contribution in [0, 0.1) is 17.6 Å². The quantitative estimate of drug-likeness (QED) is 0.855. The first-order valence-electron chi connectivity index (χ1n) is 6.84. The standard InChI is InChI=1S/C16H20F2N2/c1-12(2)8-19-9-13-6-7-20(10-13)11-14-4-3-5-15(17)16(14)18/h3-7,10,12,19H,8-9,11H2,1-2H3. The van der Waals surface area contributed by atoms with Crippen LogP contribution in [0.5, 0.6) is 0 Å². The second kappa shape index (κ2) is 6.66. The average molecular weight is 278 g/mol. The lowest BCUT2D eigenvalue weighted by molar-refractivity contribution is 0.495. The molecule has 0 fully saturated rings. The van der Waals surface area contributed by atoms with E-state index in [4.69, 9.17) is 0 Å². The van der Waals surface area contributed by atoms with E-state index in [1.54, 1.807) is 6.07 Å². The Balaban J connectivity index is 1.97. The minimum atomic E-state index is -0.798. The molecule has 1 aromatic heterocycles. The maximum atomic E-state index is 13.6. The molecule has 0 aliphatic carbocycles. The van der Waals surface area contributed by atoms with Crippen molar-refractivity contribution in [2.24, 2.45) is 5.92 Å². The van der Waals surface area contributed by atoms with E-state index in [1.807, 2.05) is 23.0 Å². The molecule has 0 bridgehead atoms.